The van der Waals surface area contributed by atoms with E-state index in [1.807, 2.05) is 26.8 Å². The molecule has 3 amide bonds. The maximum absolute atomic E-state index is 14.0. The van der Waals surface area contributed by atoms with E-state index in [4.69, 9.17) is 5.26 Å². The highest BCUT2D eigenvalue weighted by molar-refractivity contribution is 5.98. The van der Waals surface area contributed by atoms with E-state index in [1.54, 1.807) is 0 Å². The van der Waals surface area contributed by atoms with E-state index in [-0.39, 0.29) is 11.6 Å². The Morgan fingerprint density at radius 3 is 2.70 bits per heavy atom. The fourth-order valence-electron chi connectivity index (χ4n) is 2.22. The van der Waals surface area contributed by atoms with Crippen LogP contribution in [0.2, 0.25) is 0 Å². The zero-order valence-electron chi connectivity index (χ0n) is 13.3. The smallest absolute Gasteiger partial charge is 0.321 e. The Labute approximate surface area is 134 Å². The maximum atomic E-state index is 14.0. The normalized spacial score (nSPS) is 15.8. The van der Waals surface area contributed by atoms with Gasteiger partial charge in [0.1, 0.15) is 11.9 Å². The molecule has 1 aromatic rings. The molecule has 2 N–H and O–H groups in total. The average Bonchev–Trinajstić information content (AvgIpc) is 2.90. The summed E-state index contributed by atoms with van der Waals surface area (Å²) in [6.07, 6.45) is 0. The Morgan fingerprint density at radius 1 is 1.48 bits per heavy atom. The molecule has 1 aliphatic rings. The largest absolute Gasteiger partial charge is 0.336 e. The molecule has 1 fully saturated rings. The predicted molar refractivity (Wildman–Crippen MR) is 83.5 cm³/mol. The predicted octanol–water partition coefficient (Wildman–Crippen LogP) is 2.02. The molecule has 23 heavy (non-hydrogen) atoms. The number of hydrogen-bond acceptors (Lipinski definition) is 3. The van der Waals surface area contributed by atoms with Crippen LogP contribution >= 0.6 is 0 Å². The lowest BCUT2D eigenvalue weighted by Gasteiger charge is -2.25. The van der Waals surface area contributed by atoms with Crippen LogP contribution in [0.3, 0.4) is 0 Å². The second-order valence-electron chi connectivity index (χ2n) is 6.45. The molecule has 1 atom stereocenters. The Kier molecular flexibility index (Phi) is 4.55. The Hall–Kier alpha value is -2.62. The van der Waals surface area contributed by atoms with Gasteiger partial charge >= 0.3 is 6.03 Å². The molecule has 0 aliphatic carbocycles. The lowest BCUT2D eigenvalue weighted by molar-refractivity contribution is 0.0918. The lowest BCUT2D eigenvalue weighted by atomic mass is 9.87. The van der Waals surface area contributed by atoms with Crippen molar-refractivity contribution in [2.45, 2.75) is 26.8 Å². The third kappa shape index (κ3) is 3.59. The molecule has 2 rings (SSSR count). The van der Waals surface area contributed by atoms with Crippen LogP contribution in [-0.4, -0.2) is 31.1 Å². The second-order valence-corrected chi connectivity index (χ2v) is 6.45. The van der Waals surface area contributed by atoms with Crippen molar-refractivity contribution in [3.8, 4) is 6.07 Å². The molecule has 1 aromatic carbocycles. The van der Waals surface area contributed by atoms with Crippen molar-refractivity contribution in [2.75, 3.05) is 18.0 Å². The van der Waals surface area contributed by atoms with Crippen LogP contribution in [0.25, 0.3) is 0 Å². The number of nitriles is 1. The first-order valence-corrected chi connectivity index (χ1v) is 7.29. The van der Waals surface area contributed by atoms with E-state index in [2.05, 4.69) is 10.6 Å². The van der Waals surface area contributed by atoms with E-state index in [1.165, 1.54) is 17.0 Å². The Morgan fingerprint density at radius 2 is 2.17 bits per heavy atom. The van der Waals surface area contributed by atoms with Gasteiger partial charge in [0.15, 0.2) is 0 Å². The standard InChI is InChI=1S/C16H19FN4O2/c1-16(2,3)13(9-18)20-14(22)11-8-10(4-5-12(11)17)21-7-6-19-15(21)23/h4-5,8,13H,6-7H2,1-3H3,(H,19,23)(H,20,22). The van der Waals surface area contributed by atoms with Gasteiger partial charge in [-0.1, -0.05) is 20.8 Å². The van der Waals surface area contributed by atoms with Crippen molar-refractivity contribution >= 4 is 17.6 Å². The fraction of sp³-hybridized carbons (Fsp3) is 0.438. The highest BCUT2D eigenvalue weighted by Gasteiger charge is 2.28. The molecule has 0 radical (unpaired) electrons. The van der Waals surface area contributed by atoms with Gasteiger partial charge in [0.25, 0.3) is 5.91 Å². The summed E-state index contributed by atoms with van der Waals surface area (Å²) in [5.74, 6) is -1.37. The summed E-state index contributed by atoms with van der Waals surface area (Å²) in [6.45, 7) is 6.38. The van der Waals surface area contributed by atoms with E-state index in [0.29, 0.717) is 18.8 Å². The van der Waals surface area contributed by atoms with Crippen LogP contribution in [0.5, 0.6) is 0 Å². The fourth-order valence-corrected chi connectivity index (χ4v) is 2.22. The number of carbonyl (C=O) groups is 2. The number of halogens is 1. The molecular weight excluding hydrogens is 299 g/mol. The van der Waals surface area contributed by atoms with Crippen LogP contribution in [0.4, 0.5) is 14.9 Å². The van der Waals surface area contributed by atoms with E-state index < -0.39 is 23.2 Å². The molecule has 6 nitrogen and oxygen atoms in total. The lowest BCUT2D eigenvalue weighted by Crippen LogP contribution is -2.43. The number of nitrogens with zero attached hydrogens (tertiary/aromatic N) is 2. The number of rotatable bonds is 3. The number of amides is 3. The Bertz CT molecular complexity index is 676. The first-order valence-electron chi connectivity index (χ1n) is 7.29. The summed E-state index contributed by atoms with van der Waals surface area (Å²) < 4.78 is 14.0. The zero-order chi connectivity index (χ0) is 17.2. The third-order valence-corrected chi connectivity index (χ3v) is 3.63. The first kappa shape index (κ1) is 16.7. The molecule has 0 spiro atoms. The maximum Gasteiger partial charge on any atom is 0.321 e. The van der Waals surface area contributed by atoms with Gasteiger partial charge in [0, 0.05) is 18.8 Å². The van der Waals surface area contributed by atoms with Crippen molar-refractivity contribution < 1.29 is 14.0 Å². The van der Waals surface area contributed by atoms with Crippen LogP contribution in [0.1, 0.15) is 31.1 Å². The van der Waals surface area contributed by atoms with Crippen molar-refractivity contribution in [2.24, 2.45) is 5.41 Å². The first-order chi connectivity index (χ1) is 10.7. The monoisotopic (exact) mass is 318 g/mol. The number of benzene rings is 1. The average molecular weight is 318 g/mol. The van der Waals surface area contributed by atoms with Gasteiger partial charge in [-0.15, -0.1) is 0 Å². The van der Waals surface area contributed by atoms with Gasteiger partial charge in [0.05, 0.1) is 11.6 Å². The van der Waals surface area contributed by atoms with Gasteiger partial charge in [0.2, 0.25) is 0 Å². The quantitative estimate of drug-likeness (QED) is 0.894. The number of urea groups is 1. The van der Waals surface area contributed by atoms with Gasteiger partial charge in [-0.05, 0) is 23.6 Å². The Balaban J connectivity index is 2.26. The van der Waals surface area contributed by atoms with Gasteiger partial charge < -0.3 is 10.6 Å². The molecular formula is C16H19FN4O2. The number of nitrogens with one attached hydrogen (secondary N) is 2. The van der Waals surface area contributed by atoms with E-state index >= 15 is 0 Å². The van der Waals surface area contributed by atoms with Gasteiger partial charge in [-0.2, -0.15) is 5.26 Å². The summed E-state index contributed by atoms with van der Waals surface area (Å²) in [4.78, 5) is 25.4. The molecule has 0 bridgehead atoms. The molecule has 0 aromatic heterocycles. The van der Waals surface area contributed by atoms with Crippen LogP contribution < -0.4 is 15.5 Å². The van der Waals surface area contributed by atoms with Crippen molar-refractivity contribution in [3.63, 3.8) is 0 Å². The highest BCUT2D eigenvalue weighted by Crippen LogP contribution is 2.22. The molecule has 1 saturated heterocycles. The molecule has 7 heteroatoms. The summed E-state index contributed by atoms with van der Waals surface area (Å²) in [5, 5.41) is 14.3. The minimum Gasteiger partial charge on any atom is -0.336 e. The van der Waals surface area contributed by atoms with Crippen LogP contribution in [-0.2, 0) is 0 Å². The highest BCUT2D eigenvalue weighted by atomic mass is 19.1. The number of hydrogen-bond donors (Lipinski definition) is 2. The topological polar surface area (TPSA) is 85.2 Å². The third-order valence-electron chi connectivity index (χ3n) is 3.63. The number of carbonyl (C=O) groups excluding carboxylic acids is 2. The summed E-state index contributed by atoms with van der Waals surface area (Å²) in [5.41, 5.74) is -0.227. The molecule has 0 saturated carbocycles. The van der Waals surface area contributed by atoms with Gasteiger partial charge in [-0.3, -0.25) is 9.69 Å². The van der Waals surface area contributed by atoms with E-state index in [9.17, 15) is 14.0 Å². The van der Waals surface area contributed by atoms with Crippen molar-refractivity contribution in [1.82, 2.24) is 10.6 Å². The van der Waals surface area contributed by atoms with Crippen LogP contribution in [0, 0.1) is 22.6 Å². The SMILES string of the molecule is CC(C)(C)C(C#N)NC(=O)c1cc(N2CCNC2=O)ccc1F. The van der Waals surface area contributed by atoms with Crippen molar-refractivity contribution in [3.05, 3.63) is 29.6 Å². The van der Waals surface area contributed by atoms with Crippen molar-refractivity contribution in [1.29, 1.82) is 5.26 Å². The summed E-state index contributed by atoms with van der Waals surface area (Å²) in [7, 11) is 0. The molecule has 1 aliphatic heterocycles. The summed E-state index contributed by atoms with van der Waals surface area (Å²) in [6, 6.07) is 4.89. The summed E-state index contributed by atoms with van der Waals surface area (Å²) >= 11 is 0. The zero-order valence-corrected chi connectivity index (χ0v) is 13.3. The van der Waals surface area contributed by atoms with E-state index in [0.717, 1.165) is 6.07 Å². The number of anilines is 1. The minimum atomic E-state index is -0.756. The minimum absolute atomic E-state index is 0.188. The molecule has 1 unspecified atom stereocenters. The molecule has 1 heterocycles. The second kappa shape index (κ2) is 6.24. The van der Waals surface area contributed by atoms with Gasteiger partial charge in [-0.25, -0.2) is 9.18 Å². The van der Waals surface area contributed by atoms with Crippen LogP contribution in [0.15, 0.2) is 18.2 Å². The molecule has 122 valence electrons.